The topological polar surface area (TPSA) is 127 Å². The van der Waals surface area contributed by atoms with Crippen LogP contribution in [-0.4, -0.2) is 82.5 Å². The predicted molar refractivity (Wildman–Crippen MR) is 143 cm³/mol. The number of allylic oxidation sites excluding steroid dienone is 2. The average Bonchev–Trinajstić information content (AvgIpc) is 3.34. The number of methoxy groups -OCH3 is 2. The van der Waals surface area contributed by atoms with E-state index in [9.17, 15) is 19.2 Å². The van der Waals surface area contributed by atoms with Gasteiger partial charge in [0.25, 0.3) is 0 Å². The molecule has 0 N–H and O–H groups in total. The molecule has 0 saturated carbocycles. The first kappa shape index (κ1) is 31.1. The number of rotatable bonds is 14. The summed E-state index contributed by atoms with van der Waals surface area (Å²) in [7, 11) is 2.80. The van der Waals surface area contributed by atoms with Gasteiger partial charge in [-0.2, -0.15) is 0 Å². The van der Waals surface area contributed by atoms with E-state index in [1.165, 1.54) is 14.2 Å². The molecule has 40 heavy (non-hydrogen) atoms. The minimum atomic E-state index is -0.585. The molecule has 11 nitrogen and oxygen atoms in total. The number of esters is 4. The van der Waals surface area contributed by atoms with Crippen LogP contribution in [0.25, 0.3) is 0 Å². The molecule has 2 heterocycles. The summed E-state index contributed by atoms with van der Waals surface area (Å²) in [6.07, 6.45) is 3.24. The largest absolute Gasteiger partial charge is 0.496 e. The standard InChI is InChI=1S/C29H39NO10/c1-19(9-11-24(32)38-17-14-30-12-15-37-16-13-30)8-10-21-27(36-4)20(2)22-18-39-29(34)26(22)28(21)40-25(33)7-5-6-23(31)35-3/h8H,5-7,9-18H2,1-4H3. The van der Waals surface area contributed by atoms with Crippen molar-refractivity contribution in [3.63, 3.8) is 0 Å². The summed E-state index contributed by atoms with van der Waals surface area (Å²) < 4.78 is 31.9. The molecule has 0 aromatic heterocycles. The van der Waals surface area contributed by atoms with Gasteiger partial charge in [-0.3, -0.25) is 19.3 Å². The lowest BCUT2D eigenvalue weighted by Crippen LogP contribution is -2.38. The van der Waals surface area contributed by atoms with Crippen molar-refractivity contribution in [2.45, 2.75) is 59.0 Å². The fourth-order valence-electron chi connectivity index (χ4n) is 4.63. The summed E-state index contributed by atoms with van der Waals surface area (Å²) in [6, 6.07) is 0. The zero-order valence-electron chi connectivity index (χ0n) is 23.8. The molecule has 0 bridgehead atoms. The van der Waals surface area contributed by atoms with Gasteiger partial charge in [0.05, 0.1) is 27.4 Å². The highest BCUT2D eigenvalue weighted by Gasteiger charge is 2.34. The van der Waals surface area contributed by atoms with Crippen LogP contribution in [0.15, 0.2) is 11.6 Å². The number of hydrogen-bond acceptors (Lipinski definition) is 11. The highest BCUT2D eigenvalue weighted by Crippen LogP contribution is 2.43. The lowest BCUT2D eigenvalue weighted by Gasteiger charge is -2.26. The number of benzene rings is 1. The highest BCUT2D eigenvalue weighted by molar-refractivity contribution is 5.99. The van der Waals surface area contributed by atoms with Gasteiger partial charge in [-0.15, -0.1) is 0 Å². The molecule has 0 spiro atoms. The van der Waals surface area contributed by atoms with E-state index >= 15 is 0 Å². The average molecular weight is 562 g/mol. The Morgan fingerprint density at radius 1 is 0.975 bits per heavy atom. The number of ether oxygens (including phenoxy) is 6. The van der Waals surface area contributed by atoms with Crippen molar-refractivity contribution in [1.29, 1.82) is 0 Å². The van der Waals surface area contributed by atoms with E-state index in [1.807, 2.05) is 19.9 Å². The second kappa shape index (κ2) is 15.4. The van der Waals surface area contributed by atoms with Crippen molar-refractivity contribution in [1.82, 2.24) is 4.90 Å². The summed E-state index contributed by atoms with van der Waals surface area (Å²) in [5.41, 5.74) is 3.03. The van der Waals surface area contributed by atoms with Gasteiger partial charge in [0.15, 0.2) is 5.75 Å². The summed E-state index contributed by atoms with van der Waals surface area (Å²) in [6.45, 7) is 7.90. The number of hydrogen-bond donors (Lipinski definition) is 0. The lowest BCUT2D eigenvalue weighted by atomic mass is 9.94. The molecule has 2 aliphatic rings. The first-order valence-electron chi connectivity index (χ1n) is 13.5. The molecule has 0 aliphatic carbocycles. The Bertz CT molecular complexity index is 1120. The fourth-order valence-corrected chi connectivity index (χ4v) is 4.63. The predicted octanol–water partition coefficient (Wildman–Crippen LogP) is 3.07. The lowest BCUT2D eigenvalue weighted by molar-refractivity contribution is -0.144. The van der Waals surface area contributed by atoms with Crippen LogP contribution in [0.2, 0.25) is 0 Å². The van der Waals surface area contributed by atoms with Gasteiger partial charge in [-0.1, -0.05) is 11.6 Å². The third-order valence-electron chi connectivity index (χ3n) is 6.98. The Hall–Kier alpha value is -3.44. The Kier molecular flexibility index (Phi) is 12.0. The summed E-state index contributed by atoms with van der Waals surface area (Å²) in [5.74, 6) is -1.23. The molecule has 0 amide bonds. The first-order valence-corrected chi connectivity index (χ1v) is 13.5. The number of fused-ring (bicyclic) bond motifs is 1. The van der Waals surface area contributed by atoms with E-state index in [0.29, 0.717) is 56.1 Å². The van der Waals surface area contributed by atoms with Crippen LogP contribution in [0.5, 0.6) is 11.5 Å². The van der Waals surface area contributed by atoms with Gasteiger partial charge in [0, 0.05) is 50.0 Å². The van der Waals surface area contributed by atoms with Gasteiger partial charge in [0.2, 0.25) is 0 Å². The summed E-state index contributed by atoms with van der Waals surface area (Å²) in [5, 5.41) is 0. The maximum absolute atomic E-state index is 12.7. The quantitative estimate of drug-likeness (QED) is 0.144. The highest BCUT2D eigenvalue weighted by atomic mass is 16.6. The Morgan fingerprint density at radius 3 is 2.40 bits per heavy atom. The van der Waals surface area contributed by atoms with Crippen LogP contribution in [0.4, 0.5) is 0 Å². The van der Waals surface area contributed by atoms with Crippen LogP contribution in [0.1, 0.15) is 66.1 Å². The van der Waals surface area contributed by atoms with Crippen LogP contribution in [0, 0.1) is 6.92 Å². The molecule has 220 valence electrons. The molecule has 0 radical (unpaired) electrons. The Labute approximate surface area is 234 Å². The van der Waals surface area contributed by atoms with E-state index in [-0.39, 0.29) is 49.6 Å². The van der Waals surface area contributed by atoms with Crippen molar-refractivity contribution < 1.29 is 47.6 Å². The molecule has 11 heteroatoms. The number of morpholine rings is 1. The maximum Gasteiger partial charge on any atom is 0.342 e. The van der Waals surface area contributed by atoms with Crippen molar-refractivity contribution in [2.75, 3.05) is 53.7 Å². The molecule has 1 saturated heterocycles. The smallest absolute Gasteiger partial charge is 0.342 e. The SMILES string of the molecule is COC(=O)CCCC(=O)Oc1c(CC=C(C)CCC(=O)OCCN2CCOCC2)c(OC)c(C)c2c1C(=O)OC2. The first-order chi connectivity index (χ1) is 19.2. The van der Waals surface area contributed by atoms with Crippen molar-refractivity contribution in [3.8, 4) is 11.5 Å². The molecular weight excluding hydrogens is 522 g/mol. The number of nitrogens with zero attached hydrogens (tertiary/aromatic N) is 1. The van der Waals surface area contributed by atoms with Crippen LogP contribution in [0.3, 0.4) is 0 Å². The minimum Gasteiger partial charge on any atom is -0.496 e. The van der Waals surface area contributed by atoms with Crippen LogP contribution >= 0.6 is 0 Å². The molecule has 0 unspecified atom stereocenters. The van der Waals surface area contributed by atoms with Crippen molar-refractivity contribution in [2.24, 2.45) is 0 Å². The third kappa shape index (κ3) is 8.53. The van der Waals surface area contributed by atoms with E-state index < -0.39 is 17.9 Å². The van der Waals surface area contributed by atoms with Gasteiger partial charge in [-0.05, 0) is 38.7 Å². The molecule has 1 aromatic rings. The van der Waals surface area contributed by atoms with Gasteiger partial charge < -0.3 is 28.4 Å². The maximum atomic E-state index is 12.7. The Morgan fingerprint density at radius 2 is 1.70 bits per heavy atom. The monoisotopic (exact) mass is 561 g/mol. The van der Waals surface area contributed by atoms with Crippen molar-refractivity contribution >= 4 is 23.9 Å². The number of carbonyl (C=O) groups is 4. The van der Waals surface area contributed by atoms with Gasteiger partial charge in [0.1, 0.15) is 24.5 Å². The van der Waals surface area contributed by atoms with Crippen LogP contribution in [-0.2, 0) is 46.4 Å². The Balaban J connectivity index is 1.67. The van der Waals surface area contributed by atoms with E-state index in [1.54, 1.807) is 0 Å². The molecule has 0 atom stereocenters. The normalized spacial score (nSPS) is 15.3. The summed E-state index contributed by atoms with van der Waals surface area (Å²) in [4.78, 5) is 51.1. The van der Waals surface area contributed by atoms with Crippen LogP contribution < -0.4 is 9.47 Å². The van der Waals surface area contributed by atoms with E-state index in [2.05, 4.69) is 9.64 Å². The second-order valence-electron chi connectivity index (χ2n) is 9.73. The fraction of sp³-hybridized carbons (Fsp3) is 0.586. The zero-order chi connectivity index (χ0) is 29.1. The second-order valence-corrected chi connectivity index (χ2v) is 9.73. The molecule has 3 rings (SSSR count). The van der Waals surface area contributed by atoms with E-state index in [4.69, 9.17) is 23.7 Å². The van der Waals surface area contributed by atoms with E-state index in [0.717, 1.165) is 24.2 Å². The molecule has 1 fully saturated rings. The minimum absolute atomic E-state index is 0.0307. The summed E-state index contributed by atoms with van der Waals surface area (Å²) >= 11 is 0. The molecule has 1 aromatic carbocycles. The molecule has 2 aliphatic heterocycles. The number of carbonyl (C=O) groups excluding carboxylic acids is 4. The van der Waals surface area contributed by atoms with Gasteiger partial charge >= 0.3 is 23.9 Å². The molecular formula is C29H39NO10. The third-order valence-corrected chi connectivity index (χ3v) is 6.98. The van der Waals surface area contributed by atoms with Crippen molar-refractivity contribution in [3.05, 3.63) is 33.9 Å². The zero-order valence-corrected chi connectivity index (χ0v) is 23.8. The number of cyclic esters (lactones) is 1. The van der Waals surface area contributed by atoms with Gasteiger partial charge in [-0.25, -0.2) is 4.79 Å².